The number of likely N-dealkylation sites (tertiary alicyclic amines) is 1. The molecule has 0 radical (unpaired) electrons. The number of carbonyl (C=O) groups excluding carboxylic acids is 1. The molecule has 1 saturated heterocycles. The minimum absolute atomic E-state index is 0.289. The van der Waals surface area contributed by atoms with Crippen molar-refractivity contribution in [3.63, 3.8) is 0 Å². The van der Waals surface area contributed by atoms with Crippen LogP contribution in [0.3, 0.4) is 0 Å². The zero-order chi connectivity index (χ0) is 24.5. The van der Waals surface area contributed by atoms with Crippen LogP contribution < -0.4 is 4.74 Å². The second kappa shape index (κ2) is 12.9. The molecule has 35 heavy (non-hydrogen) atoms. The summed E-state index contributed by atoms with van der Waals surface area (Å²) in [5.74, 6) is 1.53. The predicted octanol–water partition coefficient (Wildman–Crippen LogP) is 3.72. The molecule has 0 atom stereocenters. The largest absolute Gasteiger partial charge is 0.415 e. The van der Waals surface area contributed by atoms with Crippen LogP contribution in [-0.4, -0.2) is 85.8 Å². The Kier molecular flexibility index (Phi) is 9.38. The number of benzene rings is 1. The molecule has 0 N–H and O–H groups in total. The Bertz CT molecular complexity index is 1060. The number of aryl methyl sites for hydroxylation is 1. The molecule has 1 amide bonds. The summed E-state index contributed by atoms with van der Waals surface area (Å²) in [5.41, 5.74) is 1.21. The normalized spacial score (nSPS) is 14.4. The Morgan fingerprint density at radius 2 is 1.94 bits per heavy atom. The Hall–Kier alpha value is -2.63. The van der Waals surface area contributed by atoms with Gasteiger partial charge in [-0.05, 0) is 73.6 Å². The summed E-state index contributed by atoms with van der Waals surface area (Å²) < 4.78 is 7.47. The Morgan fingerprint density at radius 1 is 1.14 bits per heavy atom. The number of carbonyl (C=O) groups is 1. The van der Waals surface area contributed by atoms with Crippen molar-refractivity contribution < 1.29 is 9.53 Å². The number of aromatic nitrogens is 5. The SMILES string of the molecule is CN(C)CCn1nnnc1SC1CCN(C(=O)Oc2ccc(CCSc3ccccn3)cc2)CC1. The molecule has 1 aliphatic rings. The molecule has 2 aromatic heterocycles. The van der Waals surface area contributed by atoms with Gasteiger partial charge in [-0.25, -0.2) is 14.5 Å². The lowest BCUT2D eigenvalue weighted by molar-refractivity contribution is 0.143. The van der Waals surface area contributed by atoms with Gasteiger partial charge in [-0.3, -0.25) is 0 Å². The maximum atomic E-state index is 12.7. The minimum atomic E-state index is -0.289. The van der Waals surface area contributed by atoms with Crippen molar-refractivity contribution in [3.05, 3.63) is 54.2 Å². The van der Waals surface area contributed by atoms with Crippen molar-refractivity contribution in [2.75, 3.05) is 39.5 Å². The highest BCUT2D eigenvalue weighted by Gasteiger charge is 2.26. The number of hydrogen-bond donors (Lipinski definition) is 0. The van der Waals surface area contributed by atoms with Crippen LogP contribution in [0.2, 0.25) is 0 Å². The van der Waals surface area contributed by atoms with E-state index in [1.807, 2.05) is 67.4 Å². The van der Waals surface area contributed by atoms with Gasteiger partial charge >= 0.3 is 6.09 Å². The van der Waals surface area contributed by atoms with E-state index in [9.17, 15) is 4.79 Å². The molecule has 0 spiro atoms. The average Bonchev–Trinajstić information content (AvgIpc) is 3.31. The van der Waals surface area contributed by atoms with Crippen molar-refractivity contribution in [1.29, 1.82) is 0 Å². The number of thioether (sulfide) groups is 2. The number of hydrogen-bond acceptors (Lipinski definition) is 9. The molecule has 1 fully saturated rings. The molecule has 4 rings (SSSR count). The first-order valence-corrected chi connectivity index (χ1v) is 13.6. The van der Waals surface area contributed by atoms with Gasteiger partial charge in [0.25, 0.3) is 0 Å². The molecular weight excluding hydrogens is 482 g/mol. The highest BCUT2D eigenvalue weighted by atomic mass is 32.2. The summed E-state index contributed by atoms with van der Waals surface area (Å²) in [4.78, 5) is 20.9. The van der Waals surface area contributed by atoms with Gasteiger partial charge in [0.1, 0.15) is 5.75 Å². The van der Waals surface area contributed by atoms with E-state index in [1.165, 1.54) is 5.56 Å². The maximum absolute atomic E-state index is 12.7. The standard InChI is InChI=1S/C24H31N7O2S2/c1-29(2)16-17-31-23(26-27-28-31)35-21-10-14-30(15-11-21)24(32)33-20-8-6-19(7-9-20)12-18-34-22-5-3-4-13-25-22/h3-9,13,21H,10-12,14-18H2,1-2H3. The number of likely N-dealkylation sites (N-methyl/N-ethyl adjacent to an activating group) is 1. The first-order chi connectivity index (χ1) is 17.1. The van der Waals surface area contributed by atoms with Gasteiger partial charge in [-0.2, -0.15) is 0 Å². The Morgan fingerprint density at radius 3 is 2.66 bits per heavy atom. The van der Waals surface area contributed by atoms with E-state index in [-0.39, 0.29) is 6.09 Å². The van der Waals surface area contributed by atoms with E-state index in [1.54, 1.807) is 28.4 Å². The van der Waals surface area contributed by atoms with E-state index in [0.717, 1.165) is 48.3 Å². The zero-order valence-electron chi connectivity index (χ0n) is 20.1. The van der Waals surface area contributed by atoms with Crippen molar-refractivity contribution in [2.45, 2.75) is 41.2 Å². The third-order valence-electron chi connectivity index (χ3n) is 5.64. The molecule has 9 nitrogen and oxygen atoms in total. The minimum Gasteiger partial charge on any atom is -0.410 e. The fourth-order valence-electron chi connectivity index (χ4n) is 3.62. The summed E-state index contributed by atoms with van der Waals surface area (Å²) in [7, 11) is 4.06. The first kappa shape index (κ1) is 25.5. The van der Waals surface area contributed by atoms with E-state index in [2.05, 4.69) is 25.4 Å². The third-order valence-corrected chi connectivity index (χ3v) is 7.89. The quantitative estimate of drug-likeness (QED) is 0.376. The molecule has 0 saturated carbocycles. The number of nitrogens with zero attached hydrogens (tertiary/aromatic N) is 7. The summed E-state index contributed by atoms with van der Waals surface area (Å²) >= 11 is 3.43. The second-order valence-electron chi connectivity index (χ2n) is 8.57. The number of tetrazole rings is 1. The van der Waals surface area contributed by atoms with Crippen LogP contribution in [0.1, 0.15) is 18.4 Å². The molecule has 11 heteroatoms. The molecular formula is C24H31N7O2S2. The first-order valence-electron chi connectivity index (χ1n) is 11.7. The smallest absolute Gasteiger partial charge is 0.410 e. The van der Waals surface area contributed by atoms with Crippen molar-refractivity contribution in [3.8, 4) is 5.75 Å². The van der Waals surface area contributed by atoms with Gasteiger partial charge in [0, 0.05) is 36.8 Å². The Labute approximate surface area is 214 Å². The third kappa shape index (κ3) is 7.94. The zero-order valence-corrected chi connectivity index (χ0v) is 21.7. The lowest BCUT2D eigenvalue weighted by Gasteiger charge is -2.30. The Balaban J connectivity index is 1.18. The van der Waals surface area contributed by atoms with Crippen LogP contribution in [0.25, 0.3) is 0 Å². The lowest BCUT2D eigenvalue weighted by Crippen LogP contribution is -2.41. The van der Waals surface area contributed by atoms with Gasteiger partial charge in [0.15, 0.2) is 0 Å². The van der Waals surface area contributed by atoms with Gasteiger partial charge in [-0.15, -0.1) is 16.9 Å². The molecule has 3 heterocycles. The van der Waals surface area contributed by atoms with Crippen molar-refractivity contribution in [2.24, 2.45) is 0 Å². The van der Waals surface area contributed by atoms with Crippen LogP contribution >= 0.6 is 23.5 Å². The van der Waals surface area contributed by atoms with Gasteiger partial charge in [-0.1, -0.05) is 30.0 Å². The van der Waals surface area contributed by atoms with Crippen molar-refractivity contribution in [1.82, 2.24) is 35.0 Å². The summed E-state index contributed by atoms with van der Waals surface area (Å²) in [5, 5.41) is 14.4. The topological polar surface area (TPSA) is 89.3 Å². The molecule has 0 bridgehead atoms. The van der Waals surface area contributed by atoms with Gasteiger partial charge in [0.2, 0.25) is 5.16 Å². The van der Waals surface area contributed by atoms with E-state index < -0.39 is 0 Å². The summed E-state index contributed by atoms with van der Waals surface area (Å²) in [6.07, 6.45) is 4.21. The van der Waals surface area contributed by atoms with Crippen LogP contribution in [0.5, 0.6) is 5.75 Å². The van der Waals surface area contributed by atoms with Gasteiger partial charge in [0.05, 0.1) is 11.6 Å². The number of piperidine rings is 1. The fourth-order valence-corrected chi connectivity index (χ4v) is 5.55. The molecule has 3 aromatic rings. The number of ether oxygens (including phenoxy) is 1. The highest BCUT2D eigenvalue weighted by Crippen LogP contribution is 2.29. The fraction of sp³-hybridized carbons (Fsp3) is 0.458. The van der Waals surface area contributed by atoms with Crippen molar-refractivity contribution >= 4 is 29.6 Å². The van der Waals surface area contributed by atoms with Crippen LogP contribution in [0, 0.1) is 0 Å². The number of rotatable bonds is 10. The monoisotopic (exact) mass is 513 g/mol. The molecule has 186 valence electrons. The van der Waals surface area contributed by atoms with E-state index in [4.69, 9.17) is 4.74 Å². The predicted molar refractivity (Wildman–Crippen MR) is 138 cm³/mol. The number of amides is 1. The highest BCUT2D eigenvalue weighted by molar-refractivity contribution is 7.99. The lowest BCUT2D eigenvalue weighted by atomic mass is 10.1. The van der Waals surface area contributed by atoms with Gasteiger partial charge < -0.3 is 14.5 Å². The average molecular weight is 514 g/mol. The summed E-state index contributed by atoms with van der Waals surface area (Å²) in [6.45, 7) is 2.97. The van der Waals surface area contributed by atoms with Crippen LogP contribution in [0.15, 0.2) is 58.8 Å². The second-order valence-corrected chi connectivity index (χ2v) is 11.0. The molecule has 0 unspecified atom stereocenters. The maximum Gasteiger partial charge on any atom is 0.415 e. The van der Waals surface area contributed by atoms with Crippen LogP contribution in [-0.2, 0) is 13.0 Å². The van der Waals surface area contributed by atoms with E-state index in [0.29, 0.717) is 24.1 Å². The molecule has 0 aliphatic carbocycles. The molecule has 1 aliphatic heterocycles. The number of pyridine rings is 1. The molecule has 1 aromatic carbocycles. The van der Waals surface area contributed by atoms with Crippen LogP contribution in [0.4, 0.5) is 4.79 Å². The summed E-state index contributed by atoms with van der Waals surface area (Å²) in [6, 6.07) is 13.7. The van der Waals surface area contributed by atoms with E-state index >= 15 is 0 Å².